The third kappa shape index (κ3) is 6.44. The summed E-state index contributed by atoms with van der Waals surface area (Å²) >= 11 is 0.0684. The number of nitrogens with zero attached hydrogens (tertiary/aromatic N) is 4. The lowest BCUT2D eigenvalue weighted by molar-refractivity contribution is -0.265. The van der Waals surface area contributed by atoms with Crippen LogP contribution in [0, 0.1) is 0 Å². The topological polar surface area (TPSA) is 154 Å². The Hall–Kier alpha value is -4.45. The summed E-state index contributed by atoms with van der Waals surface area (Å²) in [6, 6.07) is 3.61. The summed E-state index contributed by atoms with van der Waals surface area (Å²) in [4.78, 5) is 31.8. The van der Waals surface area contributed by atoms with Crippen molar-refractivity contribution < 1.29 is 50.5 Å². The zero-order chi connectivity index (χ0) is 33.6. The minimum absolute atomic E-state index is 0.0684. The van der Waals surface area contributed by atoms with Crippen LogP contribution in [0.5, 0.6) is 11.5 Å². The monoisotopic (exact) mass is 672 g/mol. The van der Waals surface area contributed by atoms with E-state index in [0.717, 1.165) is 19.0 Å². The van der Waals surface area contributed by atoms with Crippen molar-refractivity contribution in [2.45, 2.75) is 50.2 Å². The minimum atomic E-state index is -5.49. The Morgan fingerprint density at radius 3 is 2.46 bits per heavy atom. The van der Waals surface area contributed by atoms with E-state index >= 15 is 0 Å². The van der Waals surface area contributed by atoms with Gasteiger partial charge in [0.1, 0.15) is 22.7 Å². The van der Waals surface area contributed by atoms with Crippen molar-refractivity contribution >= 4 is 34.1 Å². The van der Waals surface area contributed by atoms with Crippen LogP contribution in [0.4, 0.5) is 26.3 Å². The van der Waals surface area contributed by atoms with Gasteiger partial charge in [-0.05, 0) is 38.0 Å². The largest absolute Gasteiger partial charge is 0.494 e. The van der Waals surface area contributed by atoms with Crippen LogP contribution in [0.1, 0.15) is 52.4 Å². The Morgan fingerprint density at radius 1 is 1.17 bits per heavy atom. The van der Waals surface area contributed by atoms with Crippen molar-refractivity contribution in [3.63, 3.8) is 0 Å². The van der Waals surface area contributed by atoms with Gasteiger partial charge < -0.3 is 25.6 Å². The Labute approximate surface area is 260 Å². The van der Waals surface area contributed by atoms with Crippen LogP contribution in [-0.4, -0.2) is 63.1 Å². The lowest BCUT2D eigenvalue weighted by Crippen LogP contribution is -2.51. The van der Waals surface area contributed by atoms with Gasteiger partial charge in [-0.3, -0.25) is 14.3 Å². The van der Waals surface area contributed by atoms with Crippen molar-refractivity contribution in [1.29, 1.82) is 0 Å². The molecule has 1 aromatic carbocycles. The van der Waals surface area contributed by atoms with E-state index < -0.39 is 59.1 Å². The quantitative estimate of drug-likeness (QED) is 0.197. The SMILES string of the molecule is CCOc1c(CC(N)=O)cc([C@@](O)(CNC(=O)c2cc(OC)c3nn(C4CC4)cc3c2)C(F)(F)F)nc1-c1cnc(C(F)(F)F)s1. The van der Waals surface area contributed by atoms with Crippen LogP contribution in [0.25, 0.3) is 21.5 Å². The summed E-state index contributed by atoms with van der Waals surface area (Å²) in [5.41, 5.74) is -0.193. The molecule has 0 spiro atoms. The van der Waals surface area contributed by atoms with Gasteiger partial charge in [-0.15, -0.1) is 11.3 Å². The van der Waals surface area contributed by atoms with Gasteiger partial charge in [-0.1, -0.05) is 0 Å². The second-order valence-corrected chi connectivity index (χ2v) is 11.5. The molecule has 11 nitrogen and oxygen atoms in total. The fourth-order valence-corrected chi connectivity index (χ4v) is 5.45. The zero-order valence-electron chi connectivity index (χ0n) is 24.1. The molecular formula is C28H26F6N6O5S. The molecule has 1 aliphatic rings. The second kappa shape index (κ2) is 12.1. The Morgan fingerprint density at radius 2 is 1.89 bits per heavy atom. The maximum Gasteiger partial charge on any atom is 0.443 e. The van der Waals surface area contributed by atoms with E-state index in [1.54, 1.807) is 10.9 Å². The van der Waals surface area contributed by atoms with Crippen LogP contribution in [0.2, 0.25) is 0 Å². The molecule has 4 aromatic rings. The van der Waals surface area contributed by atoms with Gasteiger partial charge in [0, 0.05) is 28.9 Å². The van der Waals surface area contributed by atoms with Crippen LogP contribution in [0.3, 0.4) is 0 Å². The number of carbonyl (C=O) groups is 2. The first-order chi connectivity index (χ1) is 21.6. The van der Waals surface area contributed by atoms with Crippen LogP contribution in [-0.2, 0) is 23.0 Å². The van der Waals surface area contributed by atoms with E-state index in [0.29, 0.717) is 17.0 Å². The van der Waals surface area contributed by atoms with E-state index in [2.05, 4.69) is 20.4 Å². The third-order valence-electron chi connectivity index (χ3n) is 7.08. The number of fused-ring (bicyclic) bond motifs is 1. The molecule has 1 fully saturated rings. The third-order valence-corrected chi connectivity index (χ3v) is 8.13. The molecule has 0 radical (unpaired) electrons. The fraction of sp³-hybridized carbons (Fsp3) is 0.393. The molecular weight excluding hydrogens is 646 g/mol. The number of pyridine rings is 1. The lowest BCUT2D eigenvalue weighted by atomic mass is 9.94. The number of alkyl halides is 6. The number of amides is 2. The summed E-state index contributed by atoms with van der Waals surface area (Å²) in [6.45, 7) is -0.0912. The normalized spacial score (nSPS) is 15.1. The maximum atomic E-state index is 14.6. The van der Waals surface area contributed by atoms with Crippen molar-refractivity contribution in [3.05, 3.63) is 52.4 Å². The number of nitrogens with two attached hydrogens (primary N) is 1. The molecule has 246 valence electrons. The first-order valence-electron chi connectivity index (χ1n) is 13.7. The summed E-state index contributed by atoms with van der Waals surface area (Å²) in [5.74, 6) is -2.14. The highest BCUT2D eigenvalue weighted by atomic mass is 32.1. The number of aliphatic hydroxyl groups is 1. The highest BCUT2D eigenvalue weighted by Gasteiger charge is 2.57. The summed E-state index contributed by atoms with van der Waals surface area (Å²) in [6.07, 6.45) is -6.80. The number of benzene rings is 1. The second-order valence-electron chi connectivity index (χ2n) is 10.4. The number of aromatic nitrogens is 4. The molecule has 0 saturated heterocycles. The number of methoxy groups -OCH3 is 1. The number of thiazole rings is 1. The molecule has 1 saturated carbocycles. The molecule has 1 atom stereocenters. The molecule has 46 heavy (non-hydrogen) atoms. The number of rotatable bonds is 11. The van der Waals surface area contributed by atoms with E-state index in [-0.39, 0.29) is 51.5 Å². The van der Waals surface area contributed by atoms with Crippen LogP contribution >= 0.6 is 11.3 Å². The summed E-state index contributed by atoms with van der Waals surface area (Å²) in [5, 5.41) is 16.9. The molecule has 4 N–H and O–H groups in total. The average molecular weight is 673 g/mol. The predicted molar refractivity (Wildman–Crippen MR) is 151 cm³/mol. The number of primary amides is 1. The maximum absolute atomic E-state index is 14.6. The number of hydrogen-bond acceptors (Lipinski definition) is 9. The highest BCUT2D eigenvalue weighted by molar-refractivity contribution is 7.15. The van der Waals surface area contributed by atoms with Crippen molar-refractivity contribution in [3.8, 4) is 22.1 Å². The molecule has 18 heteroatoms. The van der Waals surface area contributed by atoms with E-state index in [1.165, 1.54) is 26.2 Å². The average Bonchev–Trinajstić information content (AvgIpc) is 3.52. The van der Waals surface area contributed by atoms with E-state index in [4.69, 9.17) is 15.2 Å². The Balaban J connectivity index is 1.55. The first kappa shape index (κ1) is 32.9. The molecule has 1 aliphatic carbocycles. The molecule has 5 rings (SSSR count). The number of ether oxygens (including phenoxy) is 2. The van der Waals surface area contributed by atoms with Gasteiger partial charge in [-0.25, -0.2) is 9.97 Å². The van der Waals surface area contributed by atoms with Crippen molar-refractivity contribution in [2.24, 2.45) is 5.73 Å². The molecule has 0 aliphatic heterocycles. The number of hydrogen-bond donors (Lipinski definition) is 3. The van der Waals surface area contributed by atoms with Gasteiger partial charge in [0.05, 0.1) is 43.3 Å². The summed E-state index contributed by atoms with van der Waals surface area (Å²) < 4.78 is 96.4. The number of halogens is 6. The summed E-state index contributed by atoms with van der Waals surface area (Å²) in [7, 11) is 1.34. The minimum Gasteiger partial charge on any atom is -0.494 e. The highest BCUT2D eigenvalue weighted by Crippen LogP contribution is 2.44. The molecule has 0 unspecified atom stereocenters. The lowest BCUT2D eigenvalue weighted by Gasteiger charge is -2.31. The van der Waals surface area contributed by atoms with Gasteiger partial charge in [0.25, 0.3) is 5.91 Å². The van der Waals surface area contributed by atoms with Crippen molar-refractivity contribution in [1.82, 2.24) is 25.1 Å². The molecule has 0 bridgehead atoms. The smallest absolute Gasteiger partial charge is 0.443 e. The van der Waals surface area contributed by atoms with E-state index in [1.807, 2.05) is 0 Å². The Kier molecular flexibility index (Phi) is 8.63. The number of nitrogens with one attached hydrogen (secondary N) is 1. The molecule has 3 aromatic heterocycles. The Bertz CT molecular complexity index is 1800. The first-order valence-corrected chi connectivity index (χ1v) is 14.5. The van der Waals surface area contributed by atoms with Crippen molar-refractivity contribution in [2.75, 3.05) is 20.3 Å². The molecule has 2 amide bonds. The van der Waals surface area contributed by atoms with Crippen LogP contribution in [0.15, 0.2) is 30.6 Å². The zero-order valence-corrected chi connectivity index (χ0v) is 24.9. The standard InChI is InChI=1S/C28H26F6N6O5S/c1-3-45-23-13(9-20(35)41)8-19(38-22(23)18-10-36-25(46-18)27(29,30)31)26(43,28(32,33)34)12-37-24(42)14-6-15-11-40(16-4-5-16)39-21(15)17(7-14)44-2/h6-8,10-11,16,43H,3-5,9,12H2,1-2H3,(H2,35,41)(H,37,42)/t26-/m0/s1. The fourth-order valence-electron chi connectivity index (χ4n) is 4.68. The van der Waals surface area contributed by atoms with Gasteiger partial charge in [0.15, 0.2) is 5.01 Å². The van der Waals surface area contributed by atoms with Gasteiger partial charge in [0.2, 0.25) is 11.5 Å². The molecule has 3 heterocycles. The number of carbonyl (C=O) groups excluding carboxylic acids is 2. The predicted octanol–water partition coefficient (Wildman–Crippen LogP) is 4.52. The van der Waals surface area contributed by atoms with E-state index in [9.17, 15) is 41.0 Å². The van der Waals surface area contributed by atoms with Gasteiger partial charge >= 0.3 is 12.4 Å². The van der Waals surface area contributed by atoms with Crippen LogP contribution < -0.4 is 20.5 Å². The van der Waals surface area contributed by atoms with Gasteiger partial charge in [-0.2, -0.15) is 31.4 Å².